The lowest BCUT2D eigenvalue weighted by atomic mass is 10.1. The summed E-state index contributed by atoms with van der Waals surface area (Å²) in [5.74, 6) is 0.814. The molecule has 0 saturated heterocycles. The number of para-hydroxylation sites is 1. The lowest BCUT2D eigenvalue weighted by Gasteiger charge is -2.10. The van der Waals surface area contributed by atoms with Crippen molar-refractivity contribution in [3.8, 4) is 5.75 Å². The van der Waals surface area contributed by atoms with Crippen molar-refractivity contribution in [1.82, 2.24) is 0 Å². The van der Waals surface area contributed by atoms with E-state index in [1.165, 1.54) is 0 Å². The van der Waals surface area contributed by atoms with Gasteiger partial charge in [-0.05, 0) is 24.6 Å². The van der Waals surface area contributed by atoms with Crippen LogP contribution in [-0.4, -0.2) is 6.29 Å². The third-order valence-corrected chi connectivity index (χ3v) is 3.07. The minimum atomic E-state index is 0.333. The van der Waals surface area contributed by atoms with Crippen LogP contribution >= 0.6 is 11.6 Å². The minimum Gasteiger partial charge on any atom is -0.489 e. The van der Waals surface area contributed by atoms with Crippen LogP contribution in [0.5, 0.6) is 5.75 Å². The average Bonchev–Trinajstić information content (AvgIpc) is 2.48. The number of benzene rings is 2. The number of carbonyl (C=O) groups is 1. The second kappa shape index (κ2) is 8.18. The third kappa shape index (κ3) is 3.97. The lowest BCUT2D eigenvalue weighted by Crippen LogP contribution is -2.01. The molecule has 0 heterocycles. The first-order chi connectivity index (χ1) is 9.72. The van der Waals surface area contributed by atoms with Crippen LogP contribution in [0.1, 0.15) is 21.5 Å². The van der Waals surface area contributed by atoms with Crippen LogP contribution in [0, 0.1) is 6.92 Å². The molecular formula is C17H17ClO2. The van der Waals surface area contributed by atoms with Crippen LogP contribution in [0.2, 0.25) is 5.02 Å². The van der Waals surface area contributed by atoms with Crippen molar-refractivity contribution in [1.29, 1.82) is 0 Å². The standard InChI is InChI=1S/C15H13ClO2.C2H4/c1-11-5-2-3-8-15(11)18-10-12-6-4-7-14(16)13(12)9-17;1-2/h2-9H,10H2,1H3;1-2H2. The molecule has 2 nitrogen and oxygen atoms in total. The Morgan fingerprint density at radius 2 is 1.85 bits per heavy atom. The van der Waals surface area contributed by atoms with E-state index in [2.05, 4.69) is 13.2 Å². The van der Waals surface area contributed by atoms with E-state index in [1.54, 1.807) is 6.07 Å². The van der Waals surface area contributed by atoms with Gasteiger partial charge in [-0.2, -0.15) is 0 Å². The monoisotopic (exact) mass is 288 g/mol. The van der Waals surface area contributed by atoms with Gasteiger partial charge in [-0.1, -0.05) is 41.9 Å². The van der Waals surface area contributed by atoms with Crippen LogP contribution in [-0.2, 0) is 6.61 Å². The van der Waals surface area contributed by atoms with Crippen molar-refractivity contribution in [2.75, 3.05) is 0 Å². The number of ether oxygens (including phenoxy) is 1. The molecule has 0 N–H and O–H groups in total. The molecule has 0 amide bonds. The molecule has 0 aliphatic rings. The van der Waals surface area contributed by atoms with E-state index in [0.29, 0.717) is 17.2 Å². The molecule has 0 unspecified atom stereocenters. The summed E-state index contributed by atoms with van der Waals surface area (Å²) >= 11 is 5.96. The summed E-state index contributed by atoms with van der Waals surface area (Å²) < 4.78 is 5.70. The fraction of sp³-hybridized carbons (Fsp3) is 0.118. The Balaban J connectivity index is 0.000000956. The first kappa shape index (κ1) is 16.0. The summed E-state index contributed by atoms with van der Waals surface area (Å²) in [7, 11) is 0. The van der Waals surface area contributed by atoms with Gasteiger partial charge in [0.2, 0.25) is 0 Å². The zero-order valence-corrected chi connectivity index (χ0v) is 12.2. The Morgan fingerprint density at radius 3 is 2.50 bits per heavy atom. The molecule has 0 bridgehead atoms. The fourth-order valence-electron chi connectivity index (χ4n) is 1.71. The highest BCUT2D eigenvalue weighted by atomic mass is 35.5. The number of halogens is 1. The molecule has 20 heavy (non-hydrogen) atoms. The van der Waals surface area contributed by atoms with Crippen molar-refractivity contribution in [2.24, 2.45) is 0 Å². The number of hydrogen-bond acceptors (Lipinski definition) is 2. The predicted molar refractivity (Wildman–Crippen MR) is 83.6 cm³/mol. The average molecular weight is 289 g/mol. The SMILES string of the molecule is C=C.Cc1ccccc1OCc1cccc(Cl)c1C=O. The van der Waals surface area contributed by atoms with Crippen molar-refractivity contribution in [3.63, 3.8) is 0 Å². The zero-order chi connectivity index (χ0) is 15.0. The summed E-state index contributed by atoms with van der Waals surface area (Å²) in [6.45, 7) is 8.31. The number of rotatable bonds is 4. The molecule has 0 radical (unpaired) electrons. The highest BCUT2D eigenvalue weighted by Crippen LogP contribution is 2.22. The van der Waals surface area contributed by atoms with Gasteiger partial charge in [-0.3, -0.25) is 4.79 Å². The van der Waals surface area contributed by atoms with Gasteiger partial charge in [0, 0.05) is 11.1 Å². The smallest absolute Gasteiger partial charge is 0.151 e. The van der Waals surface area contributed by atoms with Gasteiger partial charge < -0.3 is 4.74 Å². The molecule has 0 aromatic heterocycles. The van der Waals surface area contributed by atoms with Gasteiger partial charge in [0.1, 0.15) is 12.4 Å². The van der Waals surface area contributed by atoms with Gasteiger partial charge in [0.15, 0.2) is 6.29 Å². The van der Waals surface area contributed by atoms with E-state index in [1.807, 2.05) is 43.3 Å². The summed E-state index contributed by atoms with van der Waals surface area (Å²) in [4.78, 5) is 11.0. The topological polar surface area (TPSA) is 26.3 Å². The second-order valence-corrected chi connectivity index (χ2v) is 4.39. The Kier molecular flexibility index (Phi) is 6.54. The number of hydrogen-bond donors (Lipinski definition) is 0. The summed E-state index contributed by atoms with van der Waals surface area (Å²) in [6.07, 6.45) is 0.763. The van der Waals surface area contributed by atoms with Gasteiger partial charge in [-0.15, -0.1) is 13.2 Å². The molecule has 2 aromatic rings. The molecule has 0 spiro atoms. The van der Waals surface area contributed by atoms with Crippen LogP contribution in [0.4, 0.5) is 0 Å². The minimum absolute atomic E-state index is 0.333. The van der Waals surface area contributed by atoms with Gasteiger partial charge in [0.05, 0.1) is 5.02 Å². The maximum absolute atomic E-state index is 11.0. The highest BCUT2D eigenvalue weighted by molar-refractivity contribution is 6.33. The highest BCUT2D eigenvalue weighted by Gasteiger charge is 2.07. The van der Waals surface area contributed by atoms with Crippen molar-refractivity contribution < 1.29 is 9.53 Å². The van der Waals surface area contributed by atoms with Gasteiger partial charge >= 0.3 is 0 Å². The van der Waals surface area contributed by atoms with Crippen LogP contribution in [0.25, 0.3) is 0 Å². The Hall–Kier alpha value is -2.06. The van der Waals surface area contributed by atoms with E-state index < -0.39 is 0 Å². The van der Waals surface area contributed by atoms with Crippen molar-refractivity contribution >= 4 is 17.9 Å². The predicted octanol–water partition coefficient (Wildman–Crippen LogP) is 4.84. The first-order valence-electron chi connectivity index (χ1n) is 6.13. The molecule has 0 saturated carbocycles. The van der Waals surface area contributed by atoms with Crippen molar-refractivity contribution in [3.05, 3.63) is 77.3 Å². The van der Waals surface area contributed by atoms with E-state index >= 15 is 0 Å². The second-order valence-electron chi connectivity index (χ2n) is 3.98. The van der Waals surface area contributed by atoms with Crippen LogP contribution in [0.3, 0.4) is 0 Å². The summed E-state index contributed by atoms with van der Waals surface area (Å²) in [5, 5.41) is 0.455. The molecule has 104 valence electrons. The normalized spacial score (nSPS) is 9.30. The van der Waals surface area contributed by atoms with Crippen molar-refractivity contribution in [2.45, 2.75) is 13.5 Å². The maximum atomic E-state index is 11.0. The number of carbonyl (C=O) groups excluding carboxylic acids is 1. The molecular weight excluding hydrogens is 272 g/mol. The van der Waals surface area contributed by atoms with E-state index in [4.69, 9.17) is 16.3 Å². The molecule has 2 rings (SSSR count). The summed E-state index contributed by atoms with van der Waals surface area (Å²) in [5.41, 5.74) is 2.35. The Bertz CT molecular complexity index is 579. The van der Waals surface area contributed by atoms with E-state index in [9.17, 15) is 4.79 Å². The molecule has 0 aliphatic carbocycles. The maximum Gasteiger partial charge on any atom is 0.151 e. The summed E-state index contributed by atoms with van der Waals surface area (Å²) in [6, 6.07) is 13.1. The third-order valence-electron chi connectivity index (χ3n) is 2.74. The zero-order valence-electron chi connectivity index (χ0n) is 11.4. The molecule has 0 aliphatic heterocycles. The fourth-order valence-corrected chi connectivity index (χ4v) is 1.95. The molecule has 2 aromatic carbocycles. The Morgan fingerprint density at radius 1 is 1.15 bits per heavy atom. The number of aldehydes is 1. The Labute approximate surface area is 124 Å². The van der Waals surface area contributed by atoms with Gasteiger partial charge in [0.25, 0.3) is 0 Å². The lowest BCUT2D eigenvalue weighted by molar-refractivity contribution is 0.112. The van der Waals surface area contributed by atoms with Crippen LogP contribution < -0.4 is 4.74 Å². The molecule has 0 atom stereocenters. The largest absolute Gasteiger partial charge is 0.489 e. The van der Waals surface area contributed by atoms with E-state index in [-0.39, 0.29) is 0 Å². The first-order valence-corrected chi connectivity index (χ1v) is 6.51. The van der Waals surface area contributed by atoms with Gasteiger partial charge in [-0.25, -0.2) is 0 Å². The molecule has 3 heteroatoms. The van der Waals surface area contributed by atoms with Crippen LogP contribution in [0.15, 0.2) is 55.6 Å². The van der Waals surface area contributed by atoms with E-state index in [0.717, 1.165) is 23.2 Å². The molecule has 0 fully saturated rings. The quantitative estimate of drug-likeness (QED) is 0.594. The number of aryl methyl sites for hydroxylation is 1.